The van der Waals surface area contributed by atoms with Gasteiger partial charge < -0.3 is 5.73 Å². The van der Waals surface area contributed by atoms with E-state index in [9.17, 15) is 27.7 Å². The van der Waals surface area contributed by atoms with E-state index in [1.54, 1.807) is 0 Å². The number of nitrogen functional groups attached to an aromatic ring is 1. The first-order valence-electron chi connectivity index (χ1n) is 5.61. The summed E-state index contributed by atoms with van der Waals surface area (Å²) in [4.78, 5) is 9.98. The van der Waals surface area contributed by atoms with Crippen molar-refractivity contribution in [1.29, 1.82) is 0 Å². The third-order valence-corrected chi connectivity index (χ3v) is 2.83. The fraction of sp³-hybridized carbons (Fsp3) is 0.0769. The standard InChI is InChI=1S/C13H8F4N2O2/c14-10-3-2-8(13(15,16)17)6-9(10)7-1-4-11(18)12(5-7)19(20)21/h1-6H,18H2. The molecule has 2 aromatic rings. The lowest BCUT2D eigenvalue weighted by atomic mass is 10.0. The molecule has 4 nitrogen and oxygen atoms in total. The molecule has 0 heterocycles. The second-order valence-electron chi connectivity index (χ2n) is 4.22. The van der Waals surface area contributed by atoms with E-state index in [0.717, 1.165) is 12.1 Å². The summed E-state index contributed by atoms with van der Waals surface area (Å²) in [5.74, 6) is -0.915. The van der Waals surface area contributed by atoms with Gasteiger partial charge in [0.05, 0.1) is 10.5 Å². The first-order chi connectivity index (χ1) is 9.70. The van der Waals surface area contributed by atoms with Gasteiger partial charge in [0.15, 0.2) is 0 Å². The zero-order valence-electron chi connectivity index (χ0n) is 10.3. The molecule has 0 radical (unpaired) electrons. The predicted molar refractivity (Wildman–Crippen MR) is 67.9 cm³/mol. The van der Waals surface area contributed by atoms with E-state index in [4.69, 9.17) is 5.73 Å². The largest absolute Gasteiger partial charge is 0.416 e. The average molecular weight is 300 g/mol. The van der Waals surface area contributed by atoms with E-state index in [1.165, 1.54) is 6.07 Å². The normalized spacial score (nSPS) is 11.4. The lowest BCUT2D eigenvalue weighted by molar-refractivity contribution is -0.383. The van der Waals surface area contributed by atoms with Gasteiger partial charge in [0, 0.05) is 11.6 Å². The zero-order chi connectivity index (χ0) is 15.8. The summed E-state index contributed by atoms with van der Waals surface area (Å²) >= 11 is 0. The van der Waals surface area contributed by atoms with Gasteiger partial charge in [-0.2, -0.15) is 13.2 Å². The van der Waals surface area contributed by atoms with Gasteiger partial charge >= 0.3 is 6.18 Å². The van der Waals surface area contributed by atoms with Crippen molar-refractivity contribution in [2.75, 3.05) is 5.73 Å². The van der Waals surface area contributed by atoms with Crippen LogP contribution in [0.4, 0.5) is 28.9 Å². The Kier molecular flexibility index (Phi) is 3.54. The van der Waals surface area contributed by atoms with E-state index in [-0.39, 0.29) is 16.8 Å². The van der Waals surface area contributed by atoms with Gasteiger partial charge in [-0.3, -0.25) is 10.1 Å². The fourth-order valence-electron chi connectivity index (χ4n) is 1.79. The predicted octanol–water partition coefficient (Wildman–Crippen LogP) is 4.00. The summed E-state index contributed by atoms with van der Waals surface area (Å²) in [6.45, 7) is 0. The highest BCUT2D eigenvalue weighted by Crippen LogP contribution is 2.35. The quantitative estimate of drug-likeness (QED) is 0.394. The van der Waals surface area contributed by atoms with E-state index >= 15 is 0 Å². The Morgan fingerprint density at radius 2 is 1.76 bits per heavy atom. The van der Waals surface area contributed by atoms with Gasteiger partial charge in [0.1, 0.15) is 11.5 Å². The van der Waals surface area contributed by atoms with Crippen molar-refractivity contribution >= 4 is 11.4 Å². The average Bonchev–Trinajstić information content (AvgIpc) is 2.38. The van der Waals surface area contributed by atoms with Crippen LogP contribution in [-0.2, 0) is 6.18 Å². The minimum absolute atomic E-state index is 0.0560. The summed E-state index contributed by atoms with van der Waals surface area (Å²) in [6, 6.07) is 5.18. The molecule has 0 saturated carbocycles. The van der Waals surface area contributed by atoms with Crippen LogP contribution in [0.15, 0.2) is 36.4 Å². The van der Waals surface area contributed by atoms with Gasteiger partial charge in [-0.15, -0.1) is 0 Å². The highest BCUT2D eigenvalue weighted by atomic mass is 19.4. The van der Waals surface area contributed by atoms with Crippen LogP contribution in [0.2, 0.25) is 0 Å². The molecule has 0 aliphatic carbocycles. The van der Waals surface area contributed by atoms with Gasteiger partial charge in [0.25, 0.3) is 5.69 Å². The number of anilines is 1. The molecule has 0 unspecified atom stereocenters. The summed E-state index contributed by atoms with van der Waals surface area (Å²) in [6.07, 6.45) is -4.64. The molecule has 110 valence electrons. The van der Waals surface area contributed by atoms with Crippen molar-refractivity contribution in [3.63, 3.8) is 0 Å². The van der Waals surface area contributed by atoms with Crippen molar-refractivity contribution < 1.29 is 22.5 Å². The smallest absolute Gasteiger partial charge is 0.393 e. The lowest BCUT2D eigenvalue weighted by Crippen LogP contribution is -2.05. The number of hydrogen-bond acceptors (Lipinski definition) is 3. The minimum Gasteiger partial charge on any atom is -0.393 e. The molecule has 0 aliphatic heterocycles. The highest BCUT2D eigenvalue weighted by Gasteiger charge is 2.31. The second kappa shape index (κ2) is 5.04. The van der Waals surface area contributed by atoms with Crippen LogP contribution in [0, 0.1) is 15.9 Å². The lowest BCUT2D eigenvalue weighted by Gasteiger charge is -2.10. The number of halogens is 4. The minimum atomic E-state index is -4.64. The molecule has 2 aromatic carbocycles. The van der Waals surface area contributed by atoms with Gasteiger partial charge in [-0.25, -0.2) is 4.39 Å². The summed E-state index contributed by atoms with van der Waals surface area (Å²) in [7, 11) is 0. The number of benzene rings is 2. The Hall–Kier alpha value is -2.64. The van der Waals surface area contributed by atoms with E-state index < -0.39 is 28.2 Å². The Labute approximate surface area is 116 Å². The third kappa shape index (κ3) is 2.93. The number of nitrogens with two attached hydrogens (primary N) is 1. The fourth-order valence-corrected chi connectivity index (χ4v) is 1.79. The first kappa shape index (κ1) is 14.8. The molecule has 0 aromatic heterocycles. The first-order valence-corrected chi connectivity index (χ1v) is 5.61. The molecule has 0 aliphatic rings. The highest BCUT2D eigenvalue weighted by molar-refractivity contribution is 5.73. The summed E-state index contributed by atoms with van der Waals surface area (Å²) in [5.41, 5.74) is 3.26. The van der Waals surface area contributed by atoms with Crippen LogP contribution in [0.1, 0.15) is 5.56 Å². The van der Waals surface area contributed by atoms with Gasteiger partial charge in [-0.1, -0.05) is 6.07 Å². The Bertz CT molecular complexity index is 714. The van der Waals surface area contributed by atoms with Crippen LogP contribution < -0.4 is 5.73 Å². The van der Waals surface area contributed by atoms with Crippen LogP contribution >= 0.6 is 0 Å². The van der Waals surface area contributed by atoms with Crippen LogP contribution in [0.3, 0.4) is 0 Å². The van der Waals surface area contributed by atoms with E-state index in [1.807, 2.05) is 0 Å². The monoisotopic (exact) mass is 300 g/mol. The molecular formula is C13H8F4N2O2. The van der Waals surface area contributed by atoms with Crippen LogP contribution in [0.25, 0.3) is 11.1 Å². The molecule has 0 spiro atoms. The number of rotatable bonds is 2. The molecule has 2 N–H and O–H groups in total. The number of hydrogen-bond donors (Lipinski definition) is 1. The number of nitrogens with zero attached hydrogens (tertiary/aromatic N) is 1. The molecule has 0 amide bonds. The van der Waals surface area contributed by atoms with Crippen molar-refractivity contribution in [2.24, 2.45) is 0 Å². The van der Waals surface area contributed by atoms with Gasteiger partial charge in [-0.05, 0) is 29.8 Å². The Morgan fingerprint density at radius 1 is 1.10 bits per heavy atom. The summed E-state index contributed by atoms with van der Waals surface area (Å²) in [5, 5.41) is 10.8. The topological polar surface area (TPSA) is 69.2 Å². The molecule has 8 heteroatoms. The van der Waals surface area contributed by atoms with Gasteiger partial charge in [0.2, 0.25) is 0 Å². The van der Waals surface area contributed by atoms with Crippen LogP contribution in [0.5, 0.6) is 0 Å². The Balaban J connectivity index is 2.61. The Morgan fingerprint density at radius 3 is 2.33 bits per heavy atom. The molecular weight excluding hydrogens is 292 g/mol. The maximum Gasteiger partial charge on any atom is 0.416 e. The van der Waals surface area contributed by atoms with Crippen LogP contribution in [-0.4, -0.2) is 4.92 Å². The summed E-state index contributed by atoms with van der Waals surface area (Å²) < 4.78 is 51.6. The molecule has 21 heavy (non-hydrogen) atoms. The molecule has 0 bridgehead atoms. The third-order valence-electron chi connectivity index (χ3n) is 2.83. The SMILES string of the molecule is Nc1ccc(-c2cc(C(F)(F)F)ccc2F)cc1[N+](=O)[O-]. The zero-order valence-corrected chi connectivity index (χ0v) is 10.3. The molecule has 0 saturated heterocycles. The van der Waals surface area contributed by atoms with Crippen molar-refractivity contribution in [2.45, 2.75) is 6.18 Å². The molecule has 0 fully saturated rings. The van der Waals surface area contributed by atoms with E-state index in [2.05, 4.69) is 0 Å². The second-order valence-corrected chi connectivity index (χ2v) is 4.22. The number of alkyl halides is 3. The maximum atomic E-state index is 13.7. The maximum absolute atomic E-state index is 13.7. The number of nitro benzene ring substituents is 1. The van der Waals surface area contributed by atoms with Crippen molar-refractivity contribution in [1.82, 2.24) is 0 Å². The molecule has 2 rings (SSSR count). The molecule has 0 atom stereocenters. The van der Waals surface area contributed by atoms with Crippen molar-refractivity contribution in [3.8, 4) is 11.1 Å². The number of nitro groups is 1. The van der Waals surface area contributed by atoms with E-state index in [0.29, 0.717) is 18.2 Å². The van der Waals surface area contributed by atoms with Crippen molar-refractivity contribution in [3.05, 3.63) is 57.9 Å².